The summed E-state index contributed by atoms with van der Waals surface area (Å²) in [4.78, 5) is 0. The fourth-order valence-electron chi connectivity index (χ4n) is 5.75. The van der Waals surface area contributed by atoms with Gasteiger partial charge in [0.05, 0.1) is 0 Å². The molecule has 5 heteroatoms. The molecular weight excluding hydrogens is 605 g/mol. The molecule has 0 aliphatic carbocycles. The maximum Gasteiger partial charge on any atom is 0.175 e. The highest BCUT2D eigenvalue weighted by Gasteiger charge is 2.50. The van der Waals surface area contributed by atoms with Gasteiger partial charge < -0.3 is 29.6 Å². The number of rotatable bonds is 10. The average Bonchev–Trinajstić information content (AvgIpc) is 3.08. The van der Waals surface area contributed by atoms with Crippen LogP contribution in [-0.4, -0.2) is 12.7 Å². The lowest BCUT2D eigenvalue weighted by molar-refractivity contribution is -0.00100. The van der Waals surface area contributed by atoms with Crippen LogP contribution >= 0.6 is 14.5 Å². The Hall–Kier alpha value is -3.28. The van der Waals surface area contributed by atoms with E-state index in [4.69, 9.17) is 4.74 Å². The number of halogens is 2. The molecule has 0 saturated heterocycles. The van der Waals surface area contributed by atoms with Crippen molar-refractivity contribution in [2.45, 2.75) is 0 Å². The monoisotopic (exact) mass is 638 g/mol. The van der Waals surface area contributed by atoms with Crippen LogP contribution in [0.25, 0.3) is 0 Å². The number of hydrogen-bond donors (Lipinski definition) is 0. The Balaban J connectivity index is 0.00000212. The molecule has 0 aromatic heterocycles. The lowest BCUT2D eigenvalue weighted by atomic mass is 10.4. The number of benzene rings is 6. The minimum atomic E-state index is -2.12. The Labute approximate surface area is 269 Å². The largest absolute Gasteiger partial charge is 1.00 e. The molecule has 6 aromatic rings. The van der Waals surface area contributed by atoms with E-state index in [9.17, 15) is 0 Å². The number of hydrogen-bond acceptors (Lipinski definition) is 1. The van der Waals surface area contributed by atoms with Crippen molar-refractivity contribution in [3.05, 3.63) is 182 Å². The van der Waals surface area contributed by atoms with E-state index in [1.807, 2.05) is 0 Å². The summed E-state index contributed by atoms with van der Waals surface area (Å²) in [5, 5.41) is 8.00. The molecule has 0 aliphatic rings. The first-order valence-electron chi connectivity index (χ1n) is 14.0. The van der Waals surface area contributed by atoms with Crippen LogP contribution in [0.2, 0.25) is 0 Å². The van der Waals surface area contributed by atoms with E-state index in [0.29, 0.717) is 12.7 Å². The van der Waals surface area contributed by atoms with Crippen molar-refractivity contribution in [2.75, 3.05) is 12.7 Å². The van der Waals surface area contributed by atoms with Gasteiger partial charge in [-0.2, -0.15) is 0 Å². The van der Waals surface area contributed by atoms with Gasteiger partial charge in [-0.25, -0.2) is 0 Å². The van der Waals surface area contributed by atoms with Gasteiger partial charge in [0, 0.05) is 0 Å². The van der Waals surface area contributed by atoms with Gasteiger partial charge in [0.25, 0.3) is 0 Å². The summed E-state index contributed by atoms with van der Waals surface area (Å²) >= 11 is 0. The molecule has 0 atom stereocenters. The normalized spacial score (nSPS) is 11.2. The van der Waals surface area contributed by atoms with Gasteiger partial charge >= 0.3 is 0 Å². The summed E-state index contributed by atoms with van der Waals surface area (Å²) in [5.74, 6) is 0. The molecule has 0 saturated carbocycles. The summed E-state index contributed by atoms with van der Waals surface area (Å²) < 4.78 is 7.19. The fourth-order valence-corrected chi connectivity index (χ4v) is 13.4. The molecule has 216 valence electrons. The molecule has 0 heterocycles. The van der Waals surface area contributed by atoms with E-state index >= 15 is 0 Å². The molecule has 0 radical (unpaired) electrons. The summed E-state index contributed by atoms with van der Waals surface area (Å²) in [6.45, 7) is 0. The van der Waals surface area contributed by atoms with Gasteiger partial charge in [-0.05, 0) is 72.8 Å². The molecule has 43 heavy (non-hydrogen) atoms. The van der Waals surface area contributed by atoms with Gasteiger partial charge in [0.15, 0.2) is 12.7 Å². The van der Waals surface area contributed by atoms with E-state index in [0.717, 1.165) is 0 Å². The molecular formula is C38H34Cl2OP2. The molecule has 0 N–H and O–H groups in total. The molecule has 1 nitrogen and oxygen atoms in total. The van der Waals surface area contributed by atoms with Crippen molar-refractivity contribution in [1.82, 2.24) is 0 Å². The second-order valence-corrected chi connectivity index (χ2v) is 16.9. The van der Waals surface area contributed by atoms with Crippen LogP contribution in [0, 0.1) is 0 Å². The third-order valence-corrected chi connectivity index (χ3v) is 16.0. The summed E-state index contributed by atoms with van der Waals surface area (Å²) in [5.41, 5.74) is 0. The van der Waals surface area contributed by atoms with E-state index in [1.165, 1.54) is 31.8 Å². The smallest absolute Gasteiger partial charge is 0.175 e. The first-order valence-corrected chi connectivity index (χ1v) is 18.0. The minimum Gasteiger partial charge on any atom is -1.00 e. The first kappa shape index (κ1) is 32.6. The predicted molar refractivity (Wildman–Crippen MR) is 181 cm³/mol. The van der Waals surface area contributed by atoms with Crippen LogP contribution in [0.5, 0.6) is 0 Å². The Morgan fingerprint density at radius 2 is 0.442 bits per heavy atom. The van der Waals surface area contributed by atoms with Crippen molar-refractivity contribution >= 4 is 46.4 Å². The molecule has 0 aliphatic heterocycles. The van der Waals surface area contributed by atoms with Crippen LogP contribution in [-0.2, 0) is 4.74 Å². The lowest BCUT2D eigenvalue weighted by Crippen LogP contribution is -3.00. The zero-order chi connectivity index (χ0) is 27.8. The van der Waals surface area contributed by atoms with Crippen LogP contribution < -0.4 is 56.6 Å². The maximum absolute atomic E-state index is 7.19. The van der Waals surface area contributed by atoms with Crippen LogP contribution in [0.4, 0.5) is 0 Å². The van der Waals surface area contributed by atoms with Gasteiger partial charge in [-0.15, -0.1) is 0 Å². The minimum absolute atomic E-state index is 0. The third kappa shape index (κ3) is 6.63. The second kappa shape index (κ2) is 15.4. The summed E-state index contributed by atoms with van der Waals surface area (Å²) in [7, 11) is -4.24. The maximum atomic E-state index is 7.19. The van der Waals surface area contributed by atoms with Crippen LogP contribution in [0.15, 0.2) is 182 Å². The zero-order valence-electron chi connectivity index (χ0n) is 23.8. The molecule has 0 bridgehead atoms. The van der Waals surface area contributed by atoms with Crippen molar-refractivity contribution in [2.24, 2.45) is 0 Å². The SMILES string of the molecule is [Cl-].[Cl-].c1ccc([P+](COC[P+](c2ccccc2)(c2ccccc2)c2ccccc2)(c2ccccc2)c2ccccc2)cc1. The van der Waals surface area contributed by atoms with Crippen molar-refractivity contribution in [3.63, 3.8) is 0 Å². The zero-order valence-corrected chi connectivity index (χ0v) is 27.1. The van der Waals surface area contributed by atoms with Crippen molar-refractivity contribution in [3.8, 4) is 0 Å². The Morgan fingerprint density at radius 3 is 0.605 bits per heavy atom. The van der Waals surface area contributed by atoms with Gasteiger partial charge in [-0.1, -0.05) is 109 Å². The van der Waals surface area contributed by atoms with E-state index < -0.39 is 14.5 Å². The Bertz CT molecular complexity index is 1320. The fraction of sp³-hybridized carbons (Fsp3) is 0.0526. The summed E-state index contributed by atoms with van der Waals surface area (Å²) in [6.07, 6.45) is 1.25. The highest BCUT2D eigenvalue weighted by molar-refractivity contribution is 7.96. The highest BCUT2D eigenvalue weighted by atomic mass is 35.5. The van der Waals surface area contributed by atoms with Gasteiger partial charge in [-0.3, -0.25) is 0 Å². The van der Waals surface area contributed by atoms with Gasteiger partial charge in [0.2, 0.25) is 0 Å². The Morgan fingerprint density at radius 1 is 0.279 bits per heavy atom. The van der Waals surface area contributed by atoms with E-state index in [1.54, 1.807) is 0 Å². The second-order valence-electron chi connectivity index (χ2n) is 10.1. The molecule has 0 unspecified atom stereocenters. The molecule has 0 spiro atoms. The highest BCUT2D eigenvalue weighted by Crippen LogP contribution is 2.59. The van der Waals surface area contributed by atoms with Crippen LogP contribution in [0.3, 0.4) is 0 Å². The predicted octanol–water partition coefficient (Wildman–Crippen LogP) is 0.914. The molecule has 0 amide bonds. The van der Waals surface area contributed by atoms with Crippen LogP contribution in [0.1, 0.15) is 0 Å². The van der Waals surface area contributed by atoms with Gasteiger partial charge in [0.1, 0.15) is 46.4 Å². The van der Waals surface area contributed by atoms with E-state index in [2.05, 4.69) is 182 Å². The molecule has 0 fully saturated rings. The molecule has 6 aromatic carbocycles. The van der Waals surface area contributed by atoms with Crippen molar-refractivity contribution < 1.29 is 29.6 Å². The third-order valence-electron chi connectivity index (χ3n) is 7.75. The lowest BCUT2D eigenvalue weighted by Gasteiger charge is -2.30. The number of ether oxygens (including phenoxy) is 1. The van der Waals surface area contributed by atoms with Crippen molar-refractivity contribution in [1.29, 1.82) is 0 Å². The Kier molecular flexibility index (Phi) is 11.7. The summed E-state index contributed by atoms with van der Waals surface area (Å²) in [6, 6.07) is 65.9. The standard InChI is InChI=1S/C38H34OP2.2ClH/c1-7-19-33(20-8-1)40(34-21-9-2-10-22-34,35-23-11-3-12-24-35)31-39-32-41(36-25-13-4-14-26-36,37-27-15-5-16-28-37)38-29-17-6-18-30-38;;/h1-30H,31-32H2;2*1H/q+2;;/p-2. The average molecular weight is 640 g/mol. The van der Waals surface area contributed by atoms with E-state index in [-0.39, 0.29) is 24.8 Å². The molecule has 6 rings (SSSR count). The quantitative estimate of drug-likeness (QED) is 0.203. The topological polar surface area (TPSA) is 9.23 Å². The first-order chi connectivity index (χ1) is 20.3.